The normalized spacial score (nSPS) is 10.6. The number of aromatic nitrogens is 2. The van der Waals surface area contributed by atoms with E-state index in [1.807, 2.05) is 0 Å². The highest BCUT2D eigenvalue weighted by molar-refractivity contribution is 9.10. The molecule has 1 aromatic heterocycles. The quantitative estimate of drug-likeness (QED) is 0.631. The van der Waals surface area contributed by atoms with Gasteiger partial charge in [-0.15, -0.1) is 0 Å². The van der Waals surface area contributed by atoms with Gasteiger partial charge in [0.15, 0.2) is 5.82 Å². The summed E-state index contributed by atoms with van der Waals surface area (Å²) >= 11 is 2.91. The first-order valence-electron chi connectivity index (χ1n) is 4.67. The molecule has 0 N–H and O–H groups in total. The summed E-state index contributed by atoms with van der Waals surface area (Å²) in [6, 6.07) is 2.25. The van der Waals surface area contributed by atoms with Crippen molar-refractivity contribution in [1.82, 2.24) is 9.55 Å². The number of nitrogens with zero attached hydrogens (tertiary/aromatic N) is 2. The van der Waals surface area contributed by atoms with Crippen molar-refractivity contribution >= 4 is 21.7 Å². The van der Waals surface area contributed by atoms with Gasteiger partial charge in [-0.25, -0.2) is 13.8 Å². The Morgan fingerprint density at radius 2 is 2.12 bits per heavy atom. The number of rotatable bonds is 2. The number of ketones is 1. The maximum Gasteiger partial charge on any atom is 0.216 e. The molecule has 17 heavy (non-hydrogen) atoms. The van der Waals surface area contributed by atoms with Gasteiger partial charge in [0.1, 0.15) is 11.5 Å². The van der Waals surface area contributed by atoms with Crippen molar-refractivity contribution in [3.63, 3.8) is 0 Å². The minimum atomic E-state index is -0.906. The molecule has 0 saturated heterocycles. The second kappa shape index (κ2) is 4.37. The van der Waals surface area contributed by atoms with Crippen molar-refractivity contribution in [2.24, 2.45) is 7.05 Å². The van der Waals surface area contributed by atoms with Crippen LogP contribution in [-0.2, 0) is 7.05 Å². The Balaban J connectivity index is 2.59. The Bertz CT molecular complexity index is 595. The molecule has 1 heterocycles. The lowest BCUT2D eigenvalue weighted by Crippen LogP contribution is -2.11. The van der Waals surface area contributed by atoms with Crippen LogP contribution in [0.15, 0.2) is 29.1 Å². The van der Waals surface area contributed by atoms with Gasteiger partial charge < -0.3 is 4.57 Å². The van der Waals surface area contributed by atoms with E-state index in [4.69, 9.17) is 0 Å². The predicted molar refractivity (Wildman–Crippen MR) is 60.7 cm³/mol. The van der Waals surface area contributed by atoms with Gasteiger partial charge in [0.2, 0.25) is 5.78 Å². The average molecular weight is 301 g/mol. The van der Waals surface area contributed by atoms with Gasteiger partial charge in [-0.1, -0.05) is 0 Å². The molecule has 1 aromatic carbocycles. The molecule has 0 amide bonds. The molecular weight excluding hydrogens is 294 g/mol. The maximum absolute atomic E-state index is 13.7. The molecule has 0 atom stereocenters. The Kier molecular flexibility index (Phi) is 3.06. The fraction of sp³-hybridized carbons (Fsp3) is 0.0909. The molecule has 2 aromatic rings. The van der Waals surface area contributed by atoms with Gasteiger partial charge in [0, 0.05) is 7.05 Å². The molecule has 0 aliphatic heterocycles. The van der Waals surface area contributed by atoms with Gasteiger partial charge in [-0.05, 0) is 28.1 Å². The van der Waals surface area contributed by atoms with Crippen LogP contribution in [0.25, 0.3) is 0 Å². The van der Waals surface area contributed by atoms with Crippen LogP contribution in [0.3, 0.4) is 0 Å². The number of hydrogen-bond donors (Lipinski definition) is 0. The van der Waals surface area contributed by atoms with E-state index >= 15 is 0 Å². The molecule has 0 bridgehead atoms. The first-order chi connectivity index (χ1) is 8.02. The molecule has 0 spiro atoms. The zero-order valence-electron chi connectivity index (χ0n) is 8.75. The zero-order valence-corrected chi connectivity index (χ0v) is 10.3. The molecule has 0 aliphatic carbocycles. The van der Waals surface area contributed by atoms with Crippen LogP contribution in [-0.4, -0.2) is 15.3 Å². The second-order valence-electron chi connectivity index (χ2n) is 3.44. The Labute approximate surface area is 104 Å². The molecule has 0 aliphatic rings. The van der Waals surface area contributed by atoms with Gasteiger partial charge in [-0.3, -0.25) is 4.79 Å². The third-order valence-corrected chi connectivity index (χ3v) is 2.93. The van der Waals surface area contributed by atoms with Crippen molar-refractivity contribution in [1.29, 1.82) is 0 Å². The van der Waals surface area contributed by atoms with E-state index in [0.29, 0.717) is 0 Å². The van der Waals surface area contributed by atoms with Crippen LogP contribution in [0.5, 0.6) is 0 Å². The largest absolute Gasteiger partial charge is 0.331 e. The third-order valence-electron chi connectivity index (χ3n) is 2.32. The lowest BCUT2D eigenvalue weighted by Gasteiger charge is -2.05. The summed E-state index contributed by atoms with van der Waals surface area (Å²) in [6.07, 6.45) is 2.66. The van der Waals surface area contributed by atoms with E-state index in [0.717, 1.165) is 6.07 Å². The fourth-order valence-corrected chi connectivity index (χ4v) is 1.77. The second-order valence-corrected chi connectivity index (χ2v) is 4.29. The van der Waals surface area contributed by atoms with Crippen LogP contribution in [0.2, 0.25) is 0 Å². The molecule has 0 saturated carbocycles. The Hall–Kier alpha value is -1.56. The van der Waals surface area contributed by atoms with Gasteiger partial charge in [-0.2, -0.15) is 0 Å². The first kappa shape index (κ1) is 11.9. The first-order valence-corrected chi connectivity index (χ1v) is 5.46. The summed E-state index contributed by atoms with van der Waals surface area (Å²) in [6.45, 7) is 0. The topological polar surface area (TPSA) is 34.9 Å². The van der Waals surface area contributed by atoms with Gasteiger partial charge >= 0.3 is 0 Å². The summed E-state index contributed by atoms with van der Waals surface area (Å²) in [5.74, 6) is -2.53. The van der Waals surface area contributed by atoms with E-state index in [1.54, 1.807) is 7.05 Å². The number of carbonyl (C=O) groups excluding carboxylic acids is 1. The molecule has 0 fully saturated rings. The van der Waals surface area contributed by atoms with Gasteiger partial charge in [0.05, 0.1) is 22.6 Å². The summed E-state index contributed by atoms with van der Waals surface area (Å²) in [5.41, 5.74) is -0.455. The highest BCUT2D eigenvalue weighted by Crippen LogP contribution is 2.23. The number of carbonyl (C=O) groups is 1. The molecule has 6 heteroatoms. The number of hydrogen-bond acceptors (Lipinski definition) is 2. The SMILES string of the molecule is Cn1cncc1C(=O)c1c(F)ccc(Br)c1F. The maximum atomic E-state index is 13.7. The molecule has 3 nitrogen and oxygen atoms in total. The summed E-state index contributed by atoms with van der Waals surface area (Å²) in [4.78, 5) is 15.7. The minimum Gasteiger partial charge on any atom is -0.331 e. The van der Waals surface area contributed by atoms with E-state index < -0.39 is 23.0 Å². The van der Waals surface area contributed by atoms with Crippen molar-refractivity contribution in [3.05, 3.63) is 52.0 Å². The highest BCUT2D eigenvalue weighted by Gasteiger charge is 2.22. The van der Waals surface area contributed by atoms with E-state index in [2.05, 4.69) is 20.9 Å². The molecular formula is C11H7BrF2N2O. The van der Waals surface area contributed by atoms with Crippen LogP contribution in [0.4, 0.5) is 8.78 Å². The number of benzene rings is 1. The van der Waals surface area contributed by atoms with Crippen molar-refractivity contribution in [2.45, 2.75) is 0 Å². The van der Waals surface area contributed by atoms with Crippen LogP contribution in [0, 0.1) is 11.6 Å². The molecule has 0 radical (unpaired) electrons. The summed E-state index contributed by atoms with van der Waals surface area (Å²) < 4.78 is 28.6. The predicted octanol–water partition coefficient (Wildman–Crippen LogP) is 2.69. The minimum absolute atomic E-state index is 0.0458. The van der Waals surface area contributed by atoms with Crippen LogP contribution >= 0.6 is 15.9 Å². The Morgan fingerprint density at radius 3 is 2.71 bits per heavy atom. The molecule has 88 valence electrons. The van der Waals surface area contributed by atoms with E-state index in [-0.39, 0.29) is 10.2 Å². The average Bonchev–Trinajstić information content (AvgIpc) is 2.70. The number of halogens is 3. The summed E-state index contributed by atoms with van der Waals surface area (Å²) in [7, 11) is 1.58. The monoisotopic (exact) mass is 300 g/mol. The van der Waals surface area contributed by atoms with E-state index in [9.17, 15) is 13.6 Å². The number of imidazole rings is 1. The molecule has 0 unspecified atom stereocenters. The summed E-state index contributed by atoms with van der Waals surface area (Å²) in [5, 5.41) is 0. The Morgan fingerprint density at radius 1 is 1.41 bits per heavy atom. The van der Waals surface area contributed by atoms with Gasteiger partial charge in [0.25, 0.3) is 0 Å². The van der Waals surface area contributed by atoms with Crippen LogP contribution < -0.4 is 0 Å². The molecule has 2 rings (SSSR count). The lowest BCUT2D eigenvalue weighted by atomic mass is 10.1. The lowest BCUT2D eigenvalue weighted by molar-refractivity contribution is 0.102. The smallest absolute Gasteiger partial charge is 0.216 e. The standard InChI is InChI=1S/C11H7BrF2N2O/c1-16-5-15-4-8(16)11(17)9-7(13)3-2-6(12)10(9)14/h2-5H,1H3. The number of aryl methyl sites for hydroxylation is 1. The van der Waals surface area contributed by atoms with Crippen molar-refractivity contribution in [2.75, 3.05) is 0 Å². The van der Waals surface area contributed by atoms with E-state index in [1.165, 1.54) is 23.2 Å². The van der Waals surface area contributed by atoms with Crippen LogP contribution in [0.1, 0.15) is 16.1 Å². The van der Waals surface area contributed by atoms with Crippen molar-refractivity contribution < 1.29 is 13.6 Å². The highest BCUT2D eigenvalue weighted by atomic mass is 79.9. The fourth-order valence-electron chi connectivity index (χ4n) is 1.44. The zero-order chi connectivity index (χ0) is 12.6. The third kappa shape index (κ3) is 2.00. The van der Waals surface area contributed by atoms with Crippen molar-refractivity contribution in [3.8, 4) is 0 Å².